The SMILES string of the molecule is OC(c1ccc2c(c1)CC2)c1cc(Br)c(OCc2ccccc2)cc1Cl. The fourth-order valence-electron chi connectivity index (χ4n) is 3.16. The lowest BCUT2D eigenvalue weighted by Crippen LogP contribution is -2.10. The molecule has 1 atom stereocenters. The fraction of sp³-hybridized carbons (Fsp3) is 0.182. The summed E-state index contributed by atoms with van der Waals surface area (Å²) in [6.45, 7) is 0.461. The molecule has 1 aliphatic carbocycles. The number of hydrogen-bond donors (Lipinski definition) is 1. The molecule has 4 rings (SSSR count). The third kappa shape index (κ3) is 3.52. The van der Waals surface area contributed by atoms with Gasteiger partial charge >= 0.3 is 0 Å². The van der Waals surface area contributed by atoms with Crippen LogP contribution in [0.25, 0.3) is 0 Å². The molecule has 132 valence electrons. The average Bonchev–Trinajstić information content (AvgIpc) is 2.63. The maximum Gasteiger partial charge on any atom is 0.135 e. The van der Waals surface area contributed by atoms with Gasteiger partial charge in [-0.05, 0) is 57.1 Å². The summed E-state index contributed by atoms with van der Waals surface area (Å²) in [5.74, 6) is 0.659. The van der Waals surface area contributed by atoms with Crippen LogP contribution in [0.2, 0.25) is 5.02 Å². The van der Waals surface area contributed by atoms with Crippen molar-refractivity contribution in [3.05, 3.63) is 98.0 Å². The molecule has 3 aromatic carbocycles. The number of ether oxygens (including phenoxy) is 1. The Balaban J connectivity index is 1.55. The lowest BCUT2D eigenvalue weighted by molar-refractivity contribution is 0.220. The molecule has 26 heavy (non-hydrogen) atoms. The highest BCUT2D eigenvalue weighted by Crippen LogP contribution is 2.38. The van der Waals surface area contributed by atoms with Crippen LogP contribution in [0.4, 0.5) is 0 Å². The van der Waals surface area contributed by atoms with Crippen LogP contribution in [0.5, 0.6) is 5.75 Å². The molecule has 1 N–H and O–H groups in total. The number of aryl methyl sites for hydroxylation is 2. The van der Waals surface area contributed by atoms with E-state index in [1.54, 1.807) is 6.07 Å². The molecule has 0 spiro atoms. The second kappa shape index (κ2) is 7.43. The molecule has 1 unspecified atom stereocenters. The number of aliphatic hydroxyl groups is 1. The molecule has 0 radical (unpaired) electrons. The molecule has 2 nitrogen and oxygen atoms in total. The standard InChI is InChI=1S/C22H18BrClO2/c23-19-11-18(22(25)17-9-7-15-6-8-16(15)10-17)20(24)12-21(19)26-13-14-4-2-1-3-5-14/h1-5,7,9-12,22,25H,6,8,13H2. The highest BCUT2D eigenvalue weighted by Gasteiger charge is 2.20. The topological polar surface area (TPSA) is 29.5 Å². The summed E-state index contributed by atoms with van der Waals surface area (Å²) in [6.07, 6.45) is 1.46. The van der Waals surface area contributed by atoms with Gasteiger partial charge in [0.1, 0.15) is 18.5 Å². The van der Waals surface area contributed by atoms with Crippen molar-refractivity contribution in [2.75, 3.05) is 0 Å². The van der Waals surface area contributed by atoms with Crippen LogP contribution in [0.1, 0.15) is 33.9 Å². The van der Waals surface area contributed by atoms with Crippen molar-refractivity contribution in [1.82, 2.24) is 0 Å². The first-order valence-electron chi connectivity index (χ1n) is 8.57. The summed E-state index contributed by atoms with van der Waals surface area (Å²) in [6, 6.07) is 19.7. The molecular formula is C22H18BrClO2. The molecule has 0 fully saturated rings. The number of aliphatic hydroxyl groups excluding tert-OH is 1. The number of hydrogen-bond acceptors (Lipinski definition) is 2. The van der Waals surface area contributed by atoms with Gasteiger partial charge in [-0.25, -0.2) is 0 Å². The van der Waals surface area contributed by atoms with Crippen molar-refractivity contribution in [3.8, 4) is 5.75 Å². The molecular weight excluding hydrogens is 412 g/mol. The Morgan fingerprint density at radius 3 is 2.46 bits per heavy atom. The summed E-state index contributed by atoms with van der Waals surface area (Å²) in [4.78, 5) is 0. The minimum Gasteiger partial charge on any atom is -0.488 e. The quantitative estimate of drug-likeness (QED) is 0.550. The van der Waals surface area contributed by atoms with Crippen molar-refractivity contribution in [3.63, 3.8) is 0 Å². The third-order valence-corrected chi connectivity index (χ3v) is 5.74. The zero-order chi connectivity index (χ0) is 18.1. The van der Waals surface area contributed by atoms with Gasteiger partial charge in [0.15, 0.2) is 0 Å². The zero-order valence-corrected chi connectivity index (χ0v) is 16.4. The molecule has 0 saturated carbocycles. The smallest absolute Gasteiger partial charge is 0.135 e. The Kier molecular flexibility index (Phi) is 5.03. The largest absolute Gasteiger partial charge is 0.488 e. The van der Waals surface area contributed by atoms with Crippen molar-refractivity contribution >= 4 is 27.5 Å². The molecule has 0 aromatic heterocycles. The van der Waals surface area contributed by atoms with Gasteiger partial charge in [0.05, 0.1) is 9.50 Å². The summed E-state index contributed by atoms with van der Waals surface area (Å²) >= 11 is 9.99. The highest BCUT2D eigenvalue weighted by atomic mass is 79.9. The van der Waals surface area contributed by atoms with Crippen molar-refractivity contribution in [1.29, 1.82) is 0 Å². The van der Waals surface area contributed by atoms with E-state index in [1.807, 2.05) is 42.5 Å². The normalized spacial score (nSPS) is 13.7. The van der Waals surface area contributed by atoms with Gasteiger partial charge in [-0.3, -0.25) is 0 Å². The van der Waals surface area contributed by atoms with Gasteiger partial charge < -0.3 is 9.84 Å². The van der Waals surface area contributed by atoms with Gasteiger partial charge in [0.25, 0.3) is 0 Å². The molecule has 0 amide bonds. The van der Waals surface area contributed by atoms with E-state index in [0.29, 0.717) is 22.9 Å². The first-order chi connectivity index (χ1) is 12.6. The van der Waals surface area contributed by atoms with Gasteiger partial charge in [-0.15, -0.1) is 0 Å². The van der Waals surface area contributed by atoms with E-state index in [2.05, 4.69) is 28.1 Å². The van der Waals surface area contributed by atoms with Crippen LogP contribution >= 0.6 is 27.5 Å². The molecule has 0 saturated heterocycles. The van der Waals surface area contributed by atoms with Gasteiger partial charge in [-0.2, -0.15) is 0 Å². The predicted molar refractivity (Wildman–Crippen MR) is 108 cm³/mol. The predicted octanol–water partition coefficient (Wildman–Crippen LogP) is 5.86. The number of halogens is 2. The Bertz CT molecular complexity index is 940. The Labute approximate surface area is 166 Å². The van der Waals surface area contributed by atoms with Crippen LogP contribution in [0, 0.1) is 0 Å². The van der Waals surface area contributed by atoms with E-state index in [0.717, 1.165) is 28.4 Å². The highest BCUT2D eigenvalue weighted by molar-refractivity contribution is 9.10. The molecule has 4 heteroatoms. The monoisotopic (exact) mass is 428 g/mol. The van der Waals surface area contributed by atoms with Crippen LogP contribution in [0.3, 0.4) is 0 Å². The average molecular weight is 430 g/mol. The van der Waals surface area contributed by atoms with E-state index >= 15 is 0 Å². The third-order valence-electron chi connectivity index (χ3n) is 4.79. The Morgan fingerprint density at radius 1 is 1.00 bits per heavy atom. The van der Waals surface area contributed by atoms with Crippen LogP contribution < -0.4 is 4.74 Å². The second-order valence-corrected chi connectivity index (χ2v) is 7.77. The molecule has 1 aliphatic rings. The lowest BCUT2D eigenvalue weighted by atomic mass is 9.85. The molecule has 0 heterocycles. The zero-order valence-electron chi connectivity index (χ0n) is 14.1. The summed E-state index contributed by atoms with van der Waals surface area (Å²) in [7, 11) is 0. The summed E-state index contributed by atoms with van der Waals surface area (Å²) < 4.78 is 6.65. The van der Waals surface area contributed by atoms with E-state index in [4.69, 9.17) is 16.3 Å². The first kappa shape index (κ1) is 17.6. The molecule has 3 aromatic rings. The minimum atomic E-state index is -0.757. The number of fused-ring (bicyclic) bond motifs is 1. The van der Waals surface area contributed by atoms with Gasteiger partial charge in [-0.1, -0.05) is 60.1 Å². The second-order valence-electron chi connectivity index (χ2n) is 6.51. The minimum absolute atomic E-state index is 0.461. The van der Waals surface area contributed by atoms with Crippen molar-refractivity contribution < 1.29 is 9.84 Å². The van der Waals surface area contributed by atoms with E-state index < -0.39 is 6.10 Å². The van der Waals surface area contributed by atoms with Crippen LogP contribution in [-0.2, 0) is 19.4 Å². The number of rotatable bonds is 5. The lowest BCUT2D eigenvalue weighted by Gasteiger charge is -2.22. The van der Waals surface area contributed by atoms with E-state index in [1.165, 1.54) is 11.1 Å². The van der Waals surface area contributed by atoms with Gasteiger partial charge in [0.2, 0.25) is 0 Å². The maximum atomic E-state index is 10.8. The van der Waals surface area contributed by atoms with Crippen molar-refractivity contribution in [2.24, 2.45) is 0 Å². The van der Waals surface area contributed by atoms with Crippen LogP contribution in [-0.4, -0.2) is 5.11 Å². The fourth-order valence-corrected chi connectivity index (χ4v) is 3.90. The summed E-state index contributed by atoms with van der Waals surface area (Å²) in [5, 5.41) is 11.3. The van der Waals surface area contributed by atoms with Gasteiger partial charge in [0, 0.05) is 11.6 Å². The number of benzene rings is 3. The van der Waals surface area contributed by atoms with Crippen LogP contribution in [0.15, 0.2) is 65.1 Å². The summed E-state index contributed by atoms with van der Waals surface area (Å²) in [5.41, 5.74) is 5.32. The Hall–Kier alpha value is -1.81. The van der Waals surface area contributed by atoms with Crippen molar-refractivity contribution in [2.45, 2.75) is 25.6 Å². The van der Waals surface area contributed by atoms with E-state index in [-0.39, 0.29) is 0 Å². The Morgan fingerprint density at radius 2 is 1.77 bits per heavy atom. The molecule has 0 bridgehead atoms. The molecule has 0 aliphatic heterocycles. The maximum absolute atomic E-state index is 10.8. The first-order valence-corrected chi connectivity index (χ1v) is 9.74. The van der Waals surface area contributed by atoms with E-state index in [9.17, 15) is 5.11 Å².